The Morgan fingerprint density at radius 3 is 2.38 bits per heavy atom. The topological polar surface area (TPSA) is 26.3 Å². The first-order valence-electron chi connectivity index (χ1n) is 5.88. The van der Waals surface area contributed by atoms with Crippen LogP contribution in [0, 0.1) is 5.82 Å². The minimum Gasteiger partial charge on any atom is -0.497 e. The number of carbonyl (C=O) groups excluding carboxylic acids is 1. The number of alkyl halides is 3. The van der Waals surface area contributed by atoms with E-state index in [1.165, 1.54) is 25.3 Å². The summed E-state index contributed by atoms with van der Waals surface area (Å²) in [7, 11) is 1.34. The first-order valence-corrected chi connectivity index (χ1v) is 5.88. The Balaban J connectivity index is 2.41. The van der Waals surface area contributed by atoms with Gasteiger partial charge in [0.25, 0.3) is 0 Å². The normalized spacial score (nSPS) is 11.3. The molecule has 0 aliphatic carbocycles. The number of methoxy groups -OCH3 is 1. The minimum absolute atomic E-state index is 0.216. The predicted octanol–water partition coefficient (Wildman–Crippen LogP) is 4.08. The quantitative estimate of drug-likeness (QED) is 0.630. The molecule has 0 aliphatic rings. The fourth-order valence-corrected chi connectivity index (χ4v) is 1.80. The fourth-order valence-electron chi connectivity index (χ4n) is 1.80. The molecule has 0 unspecified atom stereocenters. The molecule has 0 heterocycles. The summed E-state index contributed by atoms with van der Waals surface area (Å²) in [6, 6.07) is 7.41. The Labute approximate surface area is 118 Å². The molecule has 0 amide bonds. The summed E-state index contributed by atoms with van der Waals surface area (Å²) in [4.78, 5) is 12.1. The Bertz CT molecular complexity index is 678. The van der Waals surface area contributed by atoms with Gasteiger partial charge in [-0.05, 0) is 24.3 Å². The first-order chi connectivity index (χ1) is 9.82. The molecular formula is C15H10F4O2. The molecule has 0 spiro atoms. The van der Waals surface area contributed by atoms with E-state index in [0.717, 1.165) is 18.2 Å². The highest BCUT2D eigenvalue weighted by atomic mass is 19.4. The molecule has 2 rings (SSSR count). The van der Waals surface area contributed by atoms with Crippen molar-refractivity contribution < 1.29 is 27.1 Å². The first kappa shape index (κ1) is 15.0. The third kappa shape index (κ3) is 3.21. The molecule has 0 saturated carbocycles. The van der Waals surface area contributed by atoms with E-state index in [0.29, 0.717) is 6.07 Å². The summed E-state index contributed by atoms with van der Waals surface area (Å²) in [5, 5.41) is 0. The zero-order valence-electron chi connectivity index (χ0n) is 10.9. The van der Waals surface area contributed by atoms with Crippen LogP contribution in [0.4, 0.5) is 17.6 Å². The van der Waals surface area contributed by atoms with Crippen molar-refractivity contribution in [1.82, 2.24) is 0 Å². The average Bonchev–Trinajstić information content (AvgIpc) is 2.45. The van der Waals surface area contributed by atoms with Gasteiger partial charge in [0.15, 0.2) is 5.78 Å². The molecule has 2 aromatic carbocycles. The molecule has 110 valence electrons. The summed E-state index contributed by atoms with van der Waals surface area (Å²) in [5.74, 6) is -1.45. The van der Waals surface area contributed by atoms with Crippen molar-refractivity contribution in [2.45, 2.75) is 6.18 Å². The maximum absolute atomic E-state index is 13.8. The van der Waals surface area contributed by atoms with Gasteiger partial charge in [-0.2, -0.15) is 13.2 Å². The van der Waals surface area contributed by atoms with Gasteiger partial charge in [-0.1, -0.05) is 12.1 Å². The van der Waals surface area contributed by atoms with E-state index in [4.69, 9.17) is 4.74 Å². The van der Waals surface area contributed by atoms with Crippen LogP contribution < -0.4 is 4.74 Å². The SMILES string of the molecule is COc1ccc(C(=O)c2cccc(C(F)(F)F)c2)c(F)c1. The second-order valence-electron chi connectivity index (χ2n) is 4.25. The molecule has 2 nitrogen and oxygen atoms in total. The smallest absolute Gasteiger partial charge is 0.416 e. The summed E-state index contributed by atoms with van der Waals surface area (Å²) < 4.78 is 56.4. The average molecular weight is 298 g/mol. The highest BCUT2D eigenvalue weighted by molar-refractivity contribution is 6.09. The van der Waals surface area contributed by atoms with Gasteiger partial charge < -0.3 is 4.74 Å². The number of hydrogen-bond donors (Lipinski definition) is 0. The number of ether oxygens (including phenoxy) is 1. The third-order valence-electron chi connectivity index (χ3n) is 2.87. The van der Waals surface area contributed by atoms with Gasteiger partial charge in [0.1, 0.15) is 11.6 Å². The number of benzene rings is 2. The number of hydrogen-bond acceptors (Lipinski definition) is 2. The summed E-state index contributed by atoms with van der Waals surface area (Å²) >= 11 is 0. The van der Waals surface area contributed by atoms with E-state index in [1.807, 2.05) is 0 Å². The van der Waals surface area contributed by atoms with Crippen LogP contribution >= 0.6 is 0 Å². The Morgan fingerprint density at radius 1 is 1.10 bits per heavy atom. The zero-order valence-corrected chi connectivity index (χ0v) is 10.9. The van der Waals surface area contributed by atoms with E-state index in [-0.39, 0.29) is 16.9 Å². The number of carbonyl (C=O) groups is 1. The van der Waals surface area contributed by atoms with Crippen molar-refractivity contribution in [3.8, 4) is 5.75 Å². The maximum Gasteiger partial charge on any atom is 0.416 e. The molecule has 0 aliphatic heterocycles. The van der Waals surface area contributed by atoms with Gasteiger partial charge in [-0.15, -0.1) is 0 Å². The number of rotatable bonds is 3. The zero-order chi connectivity index (χ0) is 15.6. The lowest BCUT2D eigenvalue weighted by Crippen LogP contribution is -2.09. The predicted molar refractivity (Wildman–Crippen MR) is 67.8 cm³/mol. The molecule has 6 heteroatoms. The van der Waals surface area contributed by atoms with Crippen LogP contribution in [0.5, 0.6) is 5.75 Å². The molecule has 21 heavy (non-hydrogen) atoms. The van der Waals surface area contributed by atoms with E-state index in [2.05, 4.69) is 0 Å². The van der Waals surface area contributed by atoms with Crippen molar-refractivity contribution in [3.63, 3.8) is 0 Å². The summed E-state index contributed by atoms with van der Waals surface area (Å²) in [5.41, 5.74) is -1.49. The maximum atomic E-state index is 13.8. The lowest BCUT2D eigenvalue weighted by atomic mass is 10.0. The number of halogens is 4. The molecule has 2 aromatic rings. The Morgan fingerprint density at radius 2 is 1.81 bits per heavy atom. The van der Waals surface area contributed by atoms with Crippen LogP contribution in [-0.2, 0) is 6.18 Å². The highest BCUT2D eigenvalue weighted by Gasteiger charge is 2.31. The lowest BCUT2D eigenvalue weighted by Gasteiger charge is -2.09. The van der Waals surface area contributed by atoms with Crippen LogP contribution in [0.25, 0.3) is 0 Å². The molecular weight excluding hydrogens is 288 g/mol. The van der Waals surface area contributed by atoms with Crippen molar-refractivity contribution in [3.05, 3.63) is 65.0 Å². The van der Waals surface area contributed by atoms with Crippen molar-refractivity contribution in [2.75, 3.05) is 7.11 Å². The van der Waals surface area contributed by atoms with Crippen molar-refractivity contribution >= 4 is 5.78 Å². The van der Waals surface area contributed by atoms with Crippen molar-refractivity contribution in [1.29, 1.82) is 0 Å². The van der Waals surface area contributed by atoms with Gasteiger partial charge >= 0.3 is 6.18 Å². The van der Waals surface area contributed by atoms with Gasteiger partial charge in [0.2, 0.25) is 0 Å². The van der Waals surface area contributed by atoms with Gasteiger partial charge in [-0.25, -0.2) is 4.39 Å². The van der Waals surface area contributed by atoms with Crippen LogP contribution in [0.2, 0.25) is 0 Å². The third-order valence-corrected chi connectivity index (χ3v) is 2.87. The van der Waals surface area contributed by atoms with Crippen LogP contribution in [0.3, 0.4) is 0 Å². The molecule has 0 saturated heterocycles. The highest BCUT2D eigenvalue weighted by Crippen LogP contribution is 2.30. The van der Waals surface area contributed by atoms with Crippen LogP contribution in [0.15, 0.2) is 42.5 Å². The summed E-state index contributed by atoms with van der Waals surface area (Å²) in [6.07, 6.45) is -4.56. The lowest BCUT2D eigenvalue weighted by molar-refractivity contribution is -0.137. The second-order valence-corrected chi connectivity index (χ2v) is 4.25. The van der Waals surface area contributed by atoms with E-state index >= 15 is 0 Å². The molecule has 0 aromatic heterocycles. The second kappa shape index (κ2) is 5.55. The van der Waals surface area contributed by atoms with E-state index < -0.39 is 23.3 Å². The largest absolute Gasteiger partial charge is 0.497 e. The van der Waals surface area contributed by atoms with Gasteiger partial charge in [0, 0.05) is 11.6 Å². The molecule has 0 radical (unpaired) electrons. The van der Waals surface area contributed by atoms with Crippen LogP contribution in [-0.4, -0.2) is 12.9 Å². The van der Waals surface area contributed by atoms with Gasteiger partial charge in [-0.3, -0.25) is 4.79 Å². The van der Waals surface area contributed by atoms with E-state index in [9.17, 15) is 22.4 Å². The molecule has 0 N–H and O–H groups in total. The summed E-state index contributed by atoms with van der Waals surface area (Å²) in [6.45, 7) is 0. The van der Waals surface area contributed by atoms with Gasteiger partial charge in [0.05, 0.1) is 18.2 Å². The Kier molecular flexibility index (Phi) is 3.97. The van der Waals surface area contributed by atoms with Crippen molar-refractivity contribution in [2.24, 2.45) is 0 Å². The molecule has 0 fully saturated rings. The fraction of sp³-hybridized carbons (Fsp3) is 0.133. The Hall–Kier alpha value is -2.37. The van der Waals surface area contributed by atoms with E-state index in [1.54, 1.807) is 0 Å². The minimum atomic E-state index is -4.56. The molecule has 0 bridgehead atoms. The van der Waals surface area contributed by atoms with Crippen LogP contribution in [0.1, 0.15) is 21.5 Å². The molecule has 0 atom stereocenters. The standard InChI is InChI=1S/C15H10F4O2/c1-21-11-5-6-12(13(16)8-11)14(20)9-3-2-4-10(7-9)15(17,18)19/h2-8H,1H3. The number of ketones is 1. The monoisotopic (exact) mass is 298 g/mol.